The number of para-hydroxylation sites is 1. The minimum atomic E-state index is -0.324. The number of nitrogens with zero attached hydrogens (tertiary/aromatic N) is 4. The van der Waals surface area contributed by atoms with Gasteiger partial charge >= 0.3 is 0 Å². The predicted octanol–water partition coefficient (Wildman–Crippen LogP) is 4.03. The zero-order valence-electron chi connectivity index (χ0n) is 16.5. The molecule has 2 heterocycles. The van der Waals surface area contributed by atoms with Gasteiger partial charge in [-0.1, -0.05) is 12.1 Å². The van der Waals surface area contributed by atoms with Crippen molar-refractivity contribution in [1.82, 2.24) is 19.7 Å². The molecular weight excluding hydrogens is 383 g/mol. The Morgan fingerprint density at radius 2 is 1.90 bits per heavy atom. The maximum Gasteiger partial charge on any atom is 0.225 e. The Kier molecular flexibility index (Phi) is 4.46. The molecule has 8 heteroatoms. The average molecular weight is 404 g/mol. The fourth-order valence-corrected chi connectivity index (χ4v) is 3.46. The van der Waals surface area contributed by atoms with Crippen LogP contribution in [0.5, 0.6) is 5.75 Å². The standard InChI is InChI=1S/C22H21FN6O/c1-30-17-5-3-2-4-16(17)19-18-20(24)29(15-10-8-14(23)9-11-15)28-21(18)27-22(26-19)25-12-13-6-7-13/h2-5,8-11,13H,6-7,12,24H2,1H3,(H,25,27,28). The average Bonchev–Trinajstić information content (AvgIpc) is 3.55. The van der Waals surface area contributed by atoms with E-state index in [1.165, 1.54) is 25.0 Å². The SMILES string of the molecule is COc1ccccc1-c1nc(NCC2CC2)nc2nn(-c3ccc(F)cc3)c(N)c12. The highest BCUT2D eigenvalue weighted by Gasteiger charge is 2.24. The van der Waals surface area contributed by atoms with E-state index in [9.17, 15) is 4.39 Å². The molecule has 0 atom stereocenters. The number of benzene rings is 2. The van der Waals surface area contributed by atoms with E-state index in [0.717, 1.165) is 12.1 Å². The zero-order chi connectivity index (χ0) is 20.7. The molecule has 1 aliphatic rings. The van der Waals surface area contributed by atoms with E-state index in [1.54, 1.807) is 23.9 Å². The number of hydrogen-bond acceptors (Lipinski definition) is 6. The van der Waals surface area contributed by atoms with Gasteiger partial charge in [0.15, 0.2) is 5.65 Å². The van der Waals surface area contributed by atoms with Gasteiger partial charge in [-0.2, -0.15) is 4.98 Å². The molecule has 30 heavy (non-hydrogen) atoms. The monoisotopic (exact) mass is 404 g/mol. The molecule has 7 nitrogen and oxygen atoms in total. The molecule has 2 aromatic carbocycles. The highest BCUT2D eigenvalue weighted by molar-refractivity contribution is 6.00. The summed E-state index contributed by atoms with van der Waals surface area (Å²) in [5.74, 6) is 1.90. The lowest BCUT2D eigenvalue weighted by Gasteiger charge is -2.11. The van der Waals surface area contributed by atoms with Crippen LogP contribution in [0.2, 0.25) is 0 Å². The second kappa shape index (κ2) is 7.29. The van der Waals surface area contributed by atoms with Gasteiger partial charge in [0.2, 0.25) is 5.95 Å². The number of aromatic nitrogens is 4. The molecule has 4 aromatic rings. The second-order valence-corrected chi connectivity index (χ2v) is 7.39. The third-order valence-electron chi connectivity index (χ3n) is 5.25. The molecular formula is C22H21FN6O. The van der Waals surface area contributed by atoms with Gasteiger partial charge < -0.3 is 15.8 Å². The van der Waals surface area contributed by atoms with Gasteiger partial charge in [-0.15, -0.1) is 5.10 Å². The molecule has 5 rings (SSSR count). The van der Waals surface area contributed by atoms with Gasteiger partial charge in [-0.05, 0) is 55.2 Å². The van der Waals surface area contributed by atoms with Crippen LogP contribution in [0.3, 0.4) is 0 Å². The summed E-state index contributed by atoms with van der Waals surface area (Å²) in [6, 6.07) is 13.6. The Hall–Kier alpha value is -3.68. The normalized spacial score (nSPS) is 13.5. The van der Waals surface area contributed by atoms with Crippen molar-refractivity contribution < 1.29 is 9.13 Å². The van der Waals surface area contributed by atoms with E-state index in [0.29, 0.717) is 45.8 Å². The van der Waals surface area contributed by atoms with Gasteiger partial charge in [0.05, 0.1) is 23.9 Å². The fourth-order valence-electron chi connectivity index (χ4n) is 3.46. The first-order valence-electron chi connectivity index (χ1n) is 9.83. The van der Waals surface area contributed by atoms with E-state index >= 15 is 0 Å². The predicted molar refractivity (Wildman–Crippen MR) is 114 cm³/mol. The molecule has 1 aliphatic carbocycles. The maximum absolute atomic E-state index is 13.4. The topological polar surface area (TPSA) is 90.9 Å². The first kappa shape index (κ1) is 18.4. The van der Waals surface area contributed by atoms with Crippen molar-refractivity contribution in [3.05, 3.63) is 54.3 Å². The van der Waals surface area contributed by atoms with Gasteiger partial charge in [0, 0.05) is 12.1 Å². The van der Waals surface area contributed by atoms with Crippen molar-refractivity contribution in [2.45, 2.75) is 12.8 Å². The number of halogens is 1. The third kappa shape index (κ3) is 3.30. The third-order valence-corrected chi connectivity index (χ3v) is 5.25. The summed E-state index contributed by atoms with van der Waals surface area (Å²) in [6.07, 6.45) is 2.45. The fraction of sp³-hybridized carbons (Fsp3) is 0.227. The quantitative estimate of drug-likeness (QED) is 0.504. The van der Waals surface area contributed by atoms with Gasteiger partial charge in [-0.3, -0.25) is 0 Å². The summed E-state index contributed by atoms with van der Waals surface area (Å²) in [5.41, 5.74) is 9.03. The minimum Gasteiger partial charge on any atom is -0.496 e. The van der Waals surface area contributed by atoms with E-state index in [1.807, 2.05) is 24.3 Å². The zero-order valence-corrected chi connectivity index (χ0v) is 16.5. The Bertz CT molecular complexity index is 1220. The highest BCUT2D eigenvalue weighted by Crippen LogP contribution is 2.37. The van der Waals surface area contributed by atoms with E-state index in [2.05, 4.69) is 15.4 Å². The Balaban J connectivity index is 1.71. The number of hydrogen-bond donors (Lipinski definition) is 2. The number of ether oxygens (including phenoxy) is 1. The van der Waals surface area contributed by atoms with Gasteiger partial charge in [0.1, 0.15) is 17.4 Å². The molecule has 0 bridgehead atoms. The number of nitrogen functional groups attached to an aromatic ring is 1. The second-order valence-electron chi connectivity index (χ2n) is 7.39. The van der Waals surface area contributed by atoms with Crippen LogP contribution in [0.15, 0.2) is 48.5 Å². The van der Waals surface area contributed by atoms with Crippen LogP contribution in [0, 0.1) is 11.7 Å². The van der Waals surface area contributed by atoms with Crippen LogP contribution in [0.1, 0.15) is 12.8 Å². The summed E-state index contributed by atoms with van der Waals surface area (Å²) < 4.78 is 20.5. The molecule has 152 valence electrons. The lowest BCUT2D eigenvalue weighted by Crippen LogP contribution is -2.08. The van der Waals surface area contributed by atoms with Crippen molar-refractivity contribution in [3.8, 4) is 22.7 Å². The Morgan fingerprint density at radius 3 is 2.63 bits per heavy atom. The first-order valence-corrected chi connectivity index (χ1v) is 9.83. The number of methoxy groups -OCH3 is 1. The Morgan fingerprint density at radius 1 is 1.13 bits per heavy atom. The summed E-state index contributed by atoms with van der Waals surface area (Å²) in [6.45, 7) is 0.824. The number of nitrogens with two attached hydrogens (primary N) is 1. The number of rotatable bonds is 6. The summed E-state index contributed by atoms with van der Waals surface area (Å²) in [4.78, 5) is 9.36. The number of fused-ring (bicyclic) bond motifs is 1. The first-order chi connectivity index (χ1) is 14.6. The van der Waals surface area contributed by atoms with Crippen molar-refractivity contribution in [2.75, 3.05) is 24.7 Å². The van der Waals surface area contributed by atoms with Crippen LogP contribution in [0.4, 0.5) is 16.2 Å². The minimum absolute atomic E-state index is 0.324. The van der Waals surface area contributed by atoms with Crippen LogP contribution in [-0.4, -0.2) is 33.4 Å². The summed E-state index contributed by atoms with van der Waals surface area (Å²) in [5, 5.41) is 8.54. The highest BCUT2D eigenvalue weighted by atomic mass is 19.1. The number of anilines is 2. The molecule has 1 fully saturated rings. The smallest absolute Gasteiger partial charge is 0.225 e. The molecule has 0 unspecified atom stereocenters. The van der Waals surface area contributed by atoms with Gasteiger partial charge in [0.25, 0.3) is 0 Å². The van der Waals surface area contributed by atoms with Crippen molar-refractivity contribution in [3.63, 3.8) is 0 Å². The lowest BCUT2D eigenvalue weighted by molar-refractivity contribution is 0.416. The maximum atomic E-state index is 13.4. The molecule has 2 aromatic heterocycles. The largest absolute Gasteiger partial charge is 0.496 e. The van der Waals surface area contributed by atoms with Crippen molar-refractivity contribution >= 4 is 22.8 Å². The molecule has 1 saturated carbocycles. The molecule has 0 amide bonds. The van der Waals surface area contributed by atoms with Crippen molar-refractivity contribution in [2.24, 2.45) is 5.92 Å². The Labute approximate surface area is 172 Å². The molecule has 3 N–H and O–H groups in total. The van der Waals surface area contributed by atoms with E-state index < -0.39 is 0 Å². The number of nitrogens with one attached hydrogen (secondary N) is 1. The molecule has 0 spiro atoms. The lowest BCUT2D eigenvalue weighted by atomic mass is 10.1. The van der Waals surface area contributed by atoms with Crippen LogP contribution in [0.25, 0.3) is 28.0 Å². The van der Waals surface area contributed by atoms with Crippen LogP contribution in [-0.2, 0) is 0 Å². The van der Waals surface area contributed by atoms with E-state index in [4.69, 9.17) is 15.5 Å². The van der Waals surface area contributed by atoms with Crippen LogP contribution >= 0.6 is 0 Å². The summed E-state index contributed by atoms with van der Waals surface area (Å²) >= 11 is 0. The molecule has 0 radical (unpaired) electrons. The molecule has 0 aliphatic heterocycles. The molecule has 0 saturated heterocycles. The van der Waals surface area contributed by atoms with Crippen molar-refractivity contribution in [1.29, 1.82) is 0 Å². The van der Waals surface area contributed by atoms with Crippen LogP contribution < -0.4 is 15.8 Å². The van der Waals surface area contributed by atoms with Gasteiger partial charge in [-0.25, -0.2) is 14.1 Å². The van der Waals surface area contributed by atoms with E-state index in [-0.39, 0.29) is 5.82 Å². The summed E-state index contributed by atoms with van der Waals surface area (Å²) in [7, 11) is 1.62.